The molecule has 0 N–H and O–H groups in total. The highest BCUT2D eigenvalue weighted by Gasteiger charge is 2.22. The fraction of sp³-hybridized carbons (Fsp3) is 0.0714. The Morgan fingerprint density at radius 1 is 0.905 bits per heavy atom. The number of carbonyl (C=O) groups is 1. The number of benzene rings is 2. The van der Waals surface area contributed by atoms with Crippen molar-refractivity contribution in [3.05, 3.63) is 65.0 Å². The summed E-state index contributed by atoms with van der Waals surface area (Å²) < 4.78 is 70.2. The molecule has 0 fully saturated rings. The van der Waals surface area contributed by atoms with E-state index in [1.54, 1.807) is 0 Å². The molecule has 0 unspecified atom stereocenters. The predicted octanol–water partition coefficient (Wildman–Crippen LogP) is 3.64. The summed E-state index contributed by atoms with van der Waals surface area (Å²) >= 11 is 0. The molecule has 0 saturated heterocycles. The third-order valence-electron chi connectivity index (χ3n) is 2.59. The van der Waals surface area contributed by atoms with Crippen molar-refractivity contribution in [2.45, 2.75) is 0 Å². The molecule has 0 aliphatic heterocycles. The number of hydrogen-bond donors (Lipinski definition) is 0. The van der Waals surface area contributed by atoms with E-state index in [2.05, 4.69) is 4.74 Å². The number of hydrogen-bond acceptors (Lipinski definition) is 2. The van der Waals surface area contributed by atoms with E-state index in [0.29, 0.717) is 0 Å². The Kier molecular flexibility index (Phi) is 4.21. The molecule has 0 spiro atoms. The smallest absolute Gasteiger partial charge is 0.203 e. The van der Waals surface area contributed by atoms with Crippen LogP contribution < -0.4 is 4.74 Å². The zero-order valence-corrected chi connectivity index (χ0v) is 10.3. The van der Waals surface area contributed by atoms with E-state index in [4.69, 9.17) is 0 Å². The molecule has 0 aliphatic carbocycles. The van der Waals surface area contributed by atoms with Gasteiger partial charge in [-0.05, 0) is 12.1 Å². The highest BCUT2D eigenvalue weighted by molar-refractivity contribution is 5.97. The van der Waals surface area contributed by atoms with Crippen LogP contribution in [0.25, 0.3) is 0 Å². The van der Waals surface area contributed by atoms with E-state index in [9.17, 15) is 26.7 Å². The van der Waals surface area contributed by atoms with Gasteiger partial charge in [-0.2, -0.15) is 8.78 Å². The number of carbonyl (C=O) groups excluding carboxylic acids is 1. The zero-order chi connectivity index (χ0) is 15.6. The molecule has 2 aromatic carbocycles. The molecular weight excluding hydrogens is 295 g/mol. The molecule has 0 radical (unpaired) electrons. The van der Waals surface area contributed by atoms with Gasteiger partial charge < -0.3 is 4.74 Å². The maximum absolute atomic E-state index is 13.3. The van der Waals surface area contributed by atoms with Gasteiger partial charge in [0.15, 0.2) is 24.0 Å². The van der Waals surface area contributed by atoms with Crippen molar-refractivity contribution in [2.75, 3.05) is 6.61 Å². The number of Topliss-reactive ketones (excluding diaryl/α,β-unsaturated/α-hetero) is 1. The summed E-state index contributed by atoms with van der Waals surface area (Å²) in [6, 6.07) is 4.87. The second-order valence-corrected chi connectivity index (χ2v) is 3.99. The number of ether oxygens (including phenoxy) is 1. The molecule has 2 rings (SSSR count). The van der Waals surface area contributed by atoms with E-state index < -0.39 is 47.2 Å². The SMILES string of the molecule is O=C(COc1c(F)c(F)cc(F)c1F)c1ccccc1F. The van der Waals surface area contributed by atoms with Crippen molar-refractivity contribution < 1.29 is 31.5 Å². The molecule has 21 heavy (non-hydrogen) atoms. The lowest BCUT2D eigenvalue weighted by molar-refractivity contribution is 0.0909. The van der Waals surface area contributed by atoms with Crippen molar-refractivity contribution in [3.8, 4) is 5.75 Å². The molecule has 7 heteroatoms. The second-order valence-electron chi connectivity index (χ2n) is 3.99. The van der Waals surface area contributed by atoms with Gasteiger partial charge in [-0.1, -0.05) is 12.1 Å². The first-order valence-corrected chi connectivity index (χ1v) is 5.65. The zero-order valence-electron chi connectivity index (χ0n) is 10.3. The molecule has 110 valence electrons. The molecule has 0 heterocycles. The van der Waals surface area contributed by atoms with Crippen LogP contribution in [0.15, 0.2) is 30.3 Å². The summed E-state index contributed by atoms with van der Waals surface area (Å²) in [6.07, 6.45) is 0. The Hall–Kier alpha value is -2.44. The van der Waals surface area contributed by atoms with Crippen LogP contribution in [0.1, 0.15) is 10.4 Å². The standard InChI is InChI=1S/C14H7F5O2/c15-8-4-2-1-3-7(8)11(20)6-21-14-12(18)9(16)5-10(17)13(14)19/h1-5H,6H2. The summed E-state index contributed by atoms with van der Waals surface area (Å²) in [5.41, 5.74) is -0.366. The second kappa shape index (κ2) is 5.90. The van der Waals surface area contributed by atoms with Crippen LogP contribution in [-0.2, 0) is 0 Å². The van der Waals surface area contributed by atoms with Gasteiger partial charge in [0, 0.05) is 6.07 Å². The minimum Gasteiger partial charge on any atom is -0.479 e. The maximum Gasteiger partial charge on any atom is 0.203 e. The van der Waals surface area contributed by atoms with Crippen LogP contribution in [0.4, 0.5) is 22.0 Å². The maximum atomic E-state index is 13.3. The fourth-order valence-corrected chi connectivity index (χ4v) is 1.58. The Labute approximate surface area is 115 Å². The molecule has 0 aromatic heterocycles. The normalized spacial score (nSPS) is 10.5. The van der Waals surface area contributed by atoms with Crippen LogP contribution >= 0.6 is 0 Å². The Balaban J connectivity index is 2.21. The Bertz CT molecular complexity index is 674. The lowest BCUT2D eigenvalue weighted by Gasteiger charge is -2.09. The van der Waals surface area contributed by atoms with Crippen molar-refractivity contribution in [3.63, 3.8) is 0 Å². The van der Waals surface area contributed by atoms with Crippen LogP contribution in [-0.4, -0.2) is 12.4 Å². The Morgan fingerprint density at radius 2 is 1.48 bits per heavy atom. The van der Waals surface area contributed by atoms with Gasteiger partial charge in [0.05, 0.1) is 5.56 Å². The lowest BCUT2D eigenvalue weighted by atomic mass is 10.1. The molecule has 2 nitrogen and oxygen atoms in total. The predicted molar refractivity (Wildman–Crippen MR) is 62.5 cm³/mol. The fourth-order valence-electron chi connectivity index (χ4n) is 1.58. The van der Waals surface area contributed by atoms with Crippen molar-refractivity contribution in [1.29, 1.82) is 0 Å². The third-order valence-corrected chi connectivity index (χ3v) is 2.59. The largest absolute Gasteiger partial charge is 0.479 e. The van der Waals surface area contributed by atoms with Gasteiger partial charge in [-0.15, -0.1) is 0 Å². The van der Waals surface area contributed by atoms with Crippen LogP contribution in [0.3, 0.4) is 0 Å². The van der Waals surface area contributed by atoms with Crippen LogP contribution in [0.2, 0.25) is 0 Å². The number of ketones is 1. The number of rotatable bonds is 4. The van der Waals surface area contributed by atoms with Crippen molar-refractivity contribution in [1.82, 2.24) is 0 Å². The summed E-state index contributed by atoms with van der Waals surface area (Å²) in [5.74, 6) is -10.0. The summed E-state index contributed by atoms with van der Waals surface area (Å²) in [6.45, 7) is -0.975. The first-order valence-electron chi connectivity index (χ1n) is 5.65. The van der Waals surface area contributed by atoms with E-state index in [1.165, 1.54) is 12.1 Å². The molecule has 2 aromatic rings. The molecule has 0 amide bonds. The molecule has 0 atom stereocenters. The van der Waals surface area contributed by atoms with E-state index in [1.807, 2.05) is 0 Å². The van der Waals surface area contributed by atoms with Crippen LogP contribution in [0, 0.1) is 29.1 Å². The topological polar surface area (TPSA) is 26.3 Å². The molecule has 0 aliphatic rings. The van der Waals surface area contributed by atoms with E-state index in [-0.39, 0.29) is 11.6 Å². The first kappa shape index (κ1) is 15.0. The number of halogens is 5. The average Bonchev–Trinajstić information content (AvgIpc) is 2.45. The quantitative estimate of drug-likeness (QED) is 0.489. The molecule has 0 saturated carbocycles. The Morgan fingerprint density at radius 3 is 2.05 bits per heavy atom. The van der Waals surface area contributed by atoms with Gasteiger partial charge in [0.1, 0.15) is 5.82 Å². The van der Waals surface area contributed by atoms with E-state index >= 15 is 0 Å². The minimum atomic E-state index is -1.77. The van der Waals surface area contributed by atoms with E-state index in [0.717, 1.165) is 12.1 Å². The van der Waals surface area contributed by atoms with Gasteiger partial charge in [-0.25, -0.2) is 13.2 Å². The highest BCUT2D eigenvalue weighted by Crippen LogP contribution is 2.26. The van der Waals surface area contributed by atoms with Crippen LogP contribution in [0.5, 0.6) is 5.75 Å². The van der Waals surface area contributed by atoms with Gasteiger partial charge in [0.2, 0.25) is 17.4 Å². The summed E-state index contributed by atoms with van der Waals surface area (Å²) in [5, 5.41) is 0. The minimum absolute atomic E-state index is 0.0101. The third kappa shape index (κ3) is 3.01. The van der Waals surface area contributed by atoms with Crippen molar-refractivity contribution >= 4 is 5.78 Å². The van der Waals surface area contributed by atoms with Gasteiger partial charge in [-0.3, -0.25) is 4.79 Å². The summed E-state index contributed by atoms with van der Waals surface area (Å²) in [7, 11) is 0. The monoisotopic (exact) mass is 302 g/mol. The molecular formula is C14H7F5O2. The highest BCUT2D eigenvalue weighted by atomic mass is 19.2. The molecule has 0 bridgehead atoms. The summed E-state index contributed by atoms with van der Waals surface area (Å²) in [4.78, 5) is 11.6. The van der Waals surface area contributed by atoms with Crippen molar-refractivity contribution in [2.24, 2.45) is 0 Å². The lowest BCUT2D eigenvalue weighted by Crippen LogP contribution is -2.15. The average molecular weight is 302 g/mol. The van der Waals surface area contributed by atoms with Gasteiger partial charge in [0.25, 0.3) is 0 Å². The first-order chi connectivity index (χ1) is 9.91. The van der Waals surface area contributed by atoms with Gasteiger partial charge >= 0.3 is 0 Å².